The number of nitrogens with zero attached hydrogens (tertiary/aromatic N) is 1. The first-order chi connectivity index (χ1) is 12.8. The monoisotopic (exact) mass is 373 g/mol. The lowest BCUT2D eigenvalue weighted by molar-refractivity contribution is -0.172. The van der Waals surface area contributed by atoms with Crippen LogP contribution in [0.25, 0.3) is 0 Å². The number of rotatable bonds is 7. The van der Waals surface area contributed by atoms with Crippen LogP contribution in [0.1, 0.15) is 24.8 Å². The Morgan fingerprint density at radius 1 is 1.30 bits per heavy atom. The van der Waals surface area contributed by atoms with Crippen LogP contribution in [0.15, 0.2) is 49.8 Å². The average molecular weight is 373 g/mol. The van der Waals surface area contributed by atoms with E-state index in [2.05, 4.69) is 18.1 Å². The minimum absolute atomic E-state index is 0.0509. The Balaban J connectivity index is 2.53. The molecule has 0 bridgehead atoms. The molecular weight excluding hydrogens is 350 g/mol. The molecule has 1 aliphatic carbocycles. The zero-order chi connectivity index (χ0) is 20.0. The fraction of sp³-hybridized carbons (Fsp3) is 0.400. The second-order valence-corrected chi connectivity index (χ2v) is 6.61. The SMILES string of the molecule is C=CCOC(=O)[C@@H]1C(=O)C[C@](C)(O)[C@@H](C(=O)OCC=C)[C@H]1c1cccnc1. The maximum atomic E-state index is 12.7. The molecule has 7 nitrogen and oxygen atoms in total. The fourth-order valence-electron chi connectivity index (χ4n) is 3.45. The molecule has 1 heterocycles. The van der Waals surface area contributed by atoms with E-state index >= 15 is 0 Å². The van der Waals surface area contributed by atoms with Gasteiger partial charge in [0.25, 0.3) is 0 Å². The van der Waals surface area contributed by atoms with Crippen molar-refractivity contribution in [1.82, 2.24) is 4.98 Å². The van der Waals surface area contributed by atoms with Crippen LogP contribution in [0, 0.1) is 11.8 Å². The van der Waals surface area contributed by atoms with E-state index in [1.165, 1.54) is 31.5 Å². The summed E-state index contributed by atoms with van der Waals surface area (Å²) < 4.78 is 10.2. The van der Waals surface area contributed by atoms with E-state index in [1.807, 2.05) is 0 Å². The molecule has 1 aromatic heterocycles. The number of ketones is 1. The highest BCUT2D eigenvalue weighted by Gasteiger charge is 2.57. The summed E-state index contributed by atoms with van der Waals surface area (Å²) in [5.41, 5.74) is -1.22. The van der Waals surface area contributed by atoms with Gasteiger partial charge < -0.3 is 14.6 Å². The zero-order valence-corrected chi connectivity index (χ0v) is 15.2. The van der Waals surface area contributed by atoms with Crippen LogP contribution < -0.4 is 0 Å². The van der Waals surface area contributed by atoms with Gasteiger partial charge in [-0.15, -0.1) is 0 Å². The number of pyridine rings is 1. The van der Waals surface area contributed by atoms with Gasteiger partial charge in [0.1, 0.15) is 19.1 Å². The van der Waals surface area contributed by atoms with Crippen LogP contribution in [0.3, 0.4) is 0 Å². The van der Waals surface area contributed by atoms with Crippen molar-refractivity contribution in [2.75, 3.05) is 13.2 Å². The Labute approximate surface area is 157 Å². The molecule has 0 aromatic carbocycles. The van der Waals surface area contributed by atoms with Crippen molar-refractivity contribution in [2.45, 2.75) is 24.9 Å². The van der Waals surface area contributed by atoms with E-state index in [-0.39, 0.29) is 19.6 Å². The lowest BCUT2D eigenvalue weighted by atomic mass is 9.62. The molecule has 1 aromatic rings. The maximum Gasteiger partial charge on any atom is 0.317 e. The molecule has 0 unspecified atom stereocenters. The van der Waals surface area contributed by atoms with Crippen LogP contribution in [0.2, 0.25) is 0 Å². The normalized spacial score (nSPS) is 27.5. The number of hydrogen-bond acceptors (Lipinski definition) is 7. The van der Waals surface area contributed by atoms with E-state index in [0.717, 1.165) is 0 Å². The number of ether oxygens (including phenoxy) is 2. The third-order valence-electron chi connectivity index (χ3n) is 4.53. The molecule has 1 N–H and O–H groups in total. The molecule has 4 atom stereocenters. The van der Waals surface area contributed by atoms with E-state index in [9.17, 15) is 19.5 Å². The summed E-state index contributed by atoms with van der Waals surface area (Å²) in [5, 5.41) is 10.8. The summed E-state index contributed by atoms with van der Waals surface area (Å²) in [6.45, 7) is 8.24. The van der Waals surface area contributed by atoms with Crippen LogP contribution in [-0.2, 0) is 23.9 Å². The van der Waals surface area contributed by atoms with Crippen molar-refractivity contribution in [3.05, 3.63) is 55.4 Å². The number of carbonyl (C=O) groups excluding carboxylic acids is 3. The van der Waals surface area contributed by atoms with Crippen LogP contribution >= 0.6 is 0 Å². The molecule has 27 heavy (non-hydrogen) atoms. The molecule has 1 saturated carbocycles. The Morgan fingerprint density at radius 2 is 1.93 bits per heavy atom. The van der Waals surface area contributed by atoms with Gasteiger partial charge >= 0.3 is 11.9 Å². The molecule has 0 aliphatic heterocycles. The van der Waals surface area contributed by atoms with Crippen molar-refractivity contribution in [2.24, 2.45) is 11.8 Å². The van der Waals surface area contributed by atoms with Gasteiger partial charge in [-0.25, -0.2) is 0 Å². The molecule has 0 spiro atoms. The minimum Gasteiger partial charge on any atom is -0.461 e. The smallest absolute Gasteiger partial charge is 0.317 e. The molecule has 0 radical (unpaired) electrons. The molecule has 144 valence electrons. The third-order valence-corrected chi connectivity index (χ3v) is 4.53. The topological polar surface area (TPSA) is 103 Å². The van der Waals surface area contributed by atoms with E-state index in [0.29, 0.717) is 5.56 Å². The minimum atomic E-state index is -1.69. The number of hydrogen-bond donors (Lipinski definition) is 1. The first kappa shape index (κ1) is 20.5. The highest BCUT2D eigenvalue weighted by atomic mass is 16.5. The third kappa shape index (κ3) is 4.49. The van der Waals surface area contributed by atoms with Crippen LogP contribution in [0.4, 0.5) is 0 Å². The van der Waals surface area contributed by atoms with Gasteiger partial charge in [-0.05, 0) is 18.6 Å². The van der Waals surface area contributed by atoms with Gasteiger partial charge in [0.15, 0.2) is 5.78 Å². The Morgan fingerprint density at radius 3 is 2.48 bits per heavy atom. The number of esters is 2. The van der Waals surface area contributed by atoms with Gasteiger partial charge in [0.2, 0.25) is 0 Å². The van der Waals surface area contributed by atoms with Crippen molar-refractivity contribution in [1.29, 1.82) is 0 Å². The summed E-state index contributed by atoms with van der Waals surface area (Å²) in [5.74, 6) is -5.37. The lowest BCUT2D eigenvalue weighted by Crippen LogP contribution is -2.55. The molecule has 1 aliphatic rings. The molecular formula is C20H23NO6. The Hall–Kier alpha value is -2.80. The van der Waals surface area contributed by atoms with Crippen molar-refractivity contribution < 1.29 is 29.0 Å². The molecule has 1 fully saturated rings. The van der Waals surface area contributed by atoms with Crippen LogP contribution in [-0.4, -0.2) is 46.6 Å². The van der Waals surface area contributed by atoms with Gasteiger partial charge in [-0.1, -0.05) is 31.4 Å². The summed E-state index contributed by atoms with van der Waals surface area (Å²) in [7, 11) is 0. The maximum absolute atomic E-state index is 12.7. The predicted octanol–water partition coefficient (Wildman–Crippen LogP) is 1.58. The Bertz CT molecular complexity index is 727. The van der Waals surface area contributed by atoms with Crippen molar-refractivity contribution >= 4 is 17.7 Å². The highest BCUT2D eigenvalue weighted by molar-refractivity contribution is 6.02. The summed E-state index contributed by atoms with van der Waals surface area (Å²) in [4.78, 5) is 42.0. The molecule has 0 amide bonds. The first-order valence-electron chi connectivity index (χ1n) is 8.53. The Kier molecular flexibility index (Phi) is 6.63. The van der Waals surface area contributed by atoms with Gasteiger partial charge in [0, 0.05) is 24.7 Å². The number of aromatic nitrogens is 1. The predicted molar refractivity (Wildman–Crippen MR) is 96.5 cm³/mol. The van der Waals surface area contributed by atoms with Crippen molar-refractivity contribution in [3.8, 4) is 0 Å². The molecule has 2 rings (SSSR count). The number of carbonyl (C=O) groups is 3. The first-order valence-corrected chi connectivity index (χ1v) is 8.53. The highest BCUT2D eigenvalue weighted by Crippen LogP contribution is 2.46. The molecule has 0 saturated heterocycles. The van der Waals surface area contributed by atoms with Crippen LogP contribution in [0.5, 0.6) is 0 Å². The largest absolute Gasteiger partial charge is 0.461 e. The summed E-state index contributed by atoms with van der Waals surface area (Å²) >= 11 is 0. The van der Waals surface area contributed by atoms with E-state index in [1.54, 1.807) is 12.1 Å². The fourth-order valence-corrected chi connectivity index (χ4v) is 3.45. The van der Waals surface area contributed by atoms with Gasteiger partial charge in [-0.2, -0.15) is 0 Å². The average Bonchev–Trinajstić information content (AvgIpc) is 2.63. The van der Waals surface area contributed by atoms with E-state index in [4.69, 9.17) is 9.47 Å². The summed E-state index contributed by atoms with van der Waals surface area (Å²) in [6.07, 6.45) is 5.40. The quantitative estimate of drug-likeness (QED) is 0.440. The van der Waals surface area contributed by atoms with Crippen molar-refractivity contribution in [3.63, 3.8) is 0 Å². The van der Waals surface area contributed by atoms with Gasteiger partial charge in [-0.3, -0.25) is 19.4 Å². The second-order valence-electron chi connectivity index (χ2n) is 6.61. The second kappa shape index (κ2) is 8.73. The number of aliphatic hydroxyl groups is 1. The number of Topliss-reactive ketones (excluding diaryl/α,β-unsaturated/α-hetero) is 1. The zero-order valence-electron chi connectivity index (χ0n) is 15.2. The summed E-state index contributed by atoms with van der Waals surface area (Å²) in [6, 6.07) is 3.27. The molecule has 7 heteroatoms. The van der Waals surface area contributed by atoms with Gasteiger partial charge in [0.05, 0.1) is 11.5 Å². The lowest BCUT2D eigenvalue weighted by Gasteiger charge is -2.43. The van der Waals surface area contributed by atoms with E-state index < -0.39 is 41.1 Å². The standard InChI is InChI=1S/C20H23NO6/c1-4-9-26-18(23)16-14(22)11-20(3,25)17(19(24)27-10-5-2)15(16)13-7-6-8-21-12-13/h4-8,12,15-17,25H,1-2,9-11H2,3H3/t15-,16+,17+,20-/m0/s1.